The maximum atomic E-state index is 13.0. The molecular formula is C28H21N7OS. The van der Waals surface area contributed by atoms with Crippen LogP contribution >= 0.6 is 11.3 Å². The van der Waals surface area contributed by atoms with Crippen molar-refractivity contribution in [3.8, 4) is 11.8 Å². The molecule has 0 spiro atoms. The van der Waals surface area contributed by atoms with Crippen LogP contribution in [0.3, 0.4) is 0 Å². The number of hydrogen-bond acceptors (Lipinski definition) is 6. The number of hydrogen-bond donors (Lipinski definition) is 2. The Bertz CT molecular complexity index is 1850. The van der Waals surface area contributed by atoms with Crippen LogP contribution in [-0.4, -0.2) is 30.1 Å². The highest BCUT2D eigenvalue weighted by Crippen LogP contribution is 2.23. The lowest BCUT2D eigenvalue weighted by Crippen LogP contribution is -2.12. The smallest absolute Gasteiger partial charge is 0.255 e. The summed E-state index contributed by atoms with van der Waals surface area (Å²) in [6.07, 6.45) is 7.34. The monoisotopic (exact) mass is 503 g/mol. The summed E-state index contributed by atoms with van der Waals surface area (Å²) in [5.74, 6) is 6.26. The number of rotatable bonds is 4. The van der Waals surface area contributed by atoms with Crippen LogP contribution in [0, 0.1) is 18.8 Å². The first-order valence-electron chi connectivity index (χ1n) is 11.5. The first-order chi connectivity index (χ1) is 18.0. The summed E-state index contributed by atoms with van der Waals surface area (Å²) in [6.45, 7) is 1.98. The van der Waals surface area contributed by atoms with Crippen molar-refractivity contribution in [2.24, 2.45) is 7.05 Å². The van der Waals surface area contributed by atoms with E-state index in [1.54, 1.807) is 33.9 Å². The molecule has 0 aliphatic rings. The predicted molar refractivity (Wildman–Crippen MR) is 146 cm³/mol. The van der Waals surface area contributed by atoms with Gasteiger partial charge in [0.1, 0.15) is 5.69 Å². The number of imidazole rings is 1. The molecule has 0 radical (unpaired) electrons. The van der Waals surface area contributed by atoms with Crippen LogP contribution in [0.25, 0.3) is 15.9 Å². The highest BCUT2D eigenvalue weighted by Gasteiger charge is 2.10. The molecule has 37 heavy (non-hydrogen) atoms. The number of anilines is 3. The summed E-state index contributed by atoms with van der Waals surface area (Å²) in [7, 11) is 1.87. The minimum absolute atomic E-state index is 0.187. The van der Waals surface area contributed by atoms with Crippen molar-refractivity contribution in [1.82, 2.24) is 24.1 Å². The average molecular weight is 504 g/mol. The molecule has 180 valence electrons. The third-order valence-corrected chi connectivity index (χ3v) is 6.73. The molecule has 6 rings (SSSR count). The molecule has 0 aliphatic heterocycles. The molecule has 0 atom stereocenters. The molecule has 8 nitrogen and oxygen atoms in total. The van der Waals surface area contributed by atoms with Gasteiger partial charge >= 0.3 is 0 Å². The Morgan fingerprint density at radius 1 is 1.03 bits per heavy atom. The van der Waals surface area contributed by atoms with E-state index in [9.17, 15) is 4.79 Å². The van der Waals surface area contributed by atoms with E-state index in [2.05, 4.69) is 37.5 Å². The second-order valence-electron chi connectivity index (χ2n) is 8.56. The van der Waals surface area contributed by atoms with Crippen molar-refractivity contribution in [3.63, 3.8) is 0 Å². The van der Waals surface area contributed by atoms with E-state index < -0.39 is 0 Å². The molecule has 0 unspecified atom stereocenters. The van der Waals surface area contributed by atoms with Crippen molar-refractivity contribution in [3.05, 3.63) is 101 Å². The summed E-state index contributed by atoms with van der Waals surface area (Å²) in [5.41, 5.74) is 9.01. The third-order valence-electron chi connectivity index (χ3n) is 5.93. The summed E-state index contributed by atoms with van der Waals surface area (Å²) in [4.78, 5) is 21.8. The van der Waals surface area contributed by atoms with Gasteiger partial charge in [0.05, 0.1) is 39.5 Å². The van der Waals surface area contributed by atoms with Crippen molar-refractivity contribution in [2.45, 2.75) is 6.92 Å². The van der Waals surface area contributed by atoms with Gasteiger partial charge in [-0.3, -0.25) is 13.9 Å². The molecule has 0 saturated carbocycles. The average Bonchev–Trinajstić information content (AvgIpc) is 3.63. The maximum absolute atomic E-state index is 13.0. The number of pyridine rings is 1. The van der Waals surface area contributed by atoms with Gasteiger partial charge in [0, 0.05) is 36.3 Å². The molecule has 2 aromatic carbocycles. The van der Waals surface area contributed by atoms with Gasteiger partial charge in [-0.25, -0.2) is 9.97 Å². The van der Waals surface area contributed by atoms with E-state index in [0.29, 0.717) is 5.56 Å². The number of benzene rings is 2. The molecule has 6 aromatic rings. The zero-order valence-corrected chi connectivity index (χ0v) is 20.9. The topological polar surface area (TPSA) is 89.1 Å². The molecule has 0 saturated heterocycles. The number of nitrogens with one attached hydrogen (secondary N) is 2. The molecule has 4 aromatic heterocycles. The number of carbonyl (C=O) groups excluding carboxylic acids is 1. The van der Waals surface area contributed by atoms with Crippen molar-refractivity contribution < 1.29 is 4.79 Å². The van der Waals surface area contributed by atoms with Crippen molar-refractivity contribution in [2.75, 3.05) is 10.6 Å². The van der Waals surface area contributed by atoms with Crippen LogP contribution < -0.4 is 10.6 Å². The van der Waals surface area contributed by atoms with Gasteiger partial charge in [0.2, 0.25) is 0 Å². The lowest BCUT2D eigenvalue weighted by atomic mass is 10.0. The Kier molecular flexibility index (Phi) is 5.63. The number of thiazole rings is 1. The molecule has 4 heterocycles. The fraction of sp³-hybridized carbons (Fsp3) is 0.0714. The van der Waals surface area contributed by atoms with Gasteiger partial charge in [0.25, 0.3) is 5.91 Å². The van der Waals surface area contributed by atoms with Crippen molar-refractivity contribution in [1.29, 1.82) is 0 Å². The molecular weight excluding hydrogens is 482 g/mol. The second kappa shape index (κ2) is 9.26. The van der Waals surface area contributed by atoms with Crippen LogP contribution in [0.2, 0.25) is 0 Å². The van der Waals surface area contributed by atoms with Crippen molar-refractivity contribution >= 4 is 50.2 Å². The van der Waals surface area contributed by atoms with Crippen LogP contribution in [0.5, 0.6) is 0 Å². The van der Waals surface area contributed by atoms with E-state index in [0.717, 1.165) is 49.7 Å². The van der Waals surface area contributed by atoms with Crippen LogP contribution in [0.1, 0.15) is 27.2 Å². The normalized spacial score (nSPS) is 10.9. The van der Waals surface area contributed by atoms with E-state index >= 15 is 0 Å². The lowest BCUT2D eigenvalue weighted by molar-refractivity contribution is 0.102. The largest absolute Gasteiger partial charge is 0.350 e. The Balaban J connectivity index is 1.26. The van der Waals surface area contributed by atoms with Gasteiger partial charge in [-0.05, 0) is 60.9 Å². The molecule has 0 aliphatic carbocycles. The Morgan fingerprint density at radius 2 is 1.95 bits per heavy atom. The fourth-order valence-electron chi connectivity index (χ4n) is 4.01. The Morgan fingerprint density at radius 3 is 2.81 bits per heavy atom. The Labute approximate surface area is 216 Å². The molecule has 0 fully saturated rings. The van der Waals surface area contributed by atoms with Crippen LogP contribution in [0.15, 0.2) is 78.8 Å². The van der Waals surface area contributed by atoms with Gasteiger partial charge in [-0.15, -0.1) is 11.3 Å². The first kappa shape index (κ1) is 22.5. The summed E-state index contributed by atoms with van der Waals surface area (Å²) in [6, 6.07) is 15.1. The minimum atomic E-state index is -0.187. The molecule has 2 N–H and O–H groups in total. The van der Waals surface area contributed by atoms with Gasteiger partial charge in [-0.1, -0.05) is 12.0 Å². The summed E-state index contributed by atoms with van der Waals surface area (Å²) in [5, 5.41) is 10.5. The van der Waals surface area contributed by atoms with Gasteiger partial charge in [-0.2, -0.15) is 5.10 Å². The SMILES string of the molecule is Cc1ccc(C(=O)Nc2ccc3ncsc3c2)cc1C#Cc1cnc2c(Nc3cnn(C)c3)cccn12. The highest BCUT2D eigenvalue weighted by atomic mass is 32.1. The number of amides is 1. The second-order valence-corrected chi connectivity index (χ2v) is 9.44. The van der Waals surface area contributed by atoms with Crippen LogP contribution in [-0.2, 0) is 7.05 Å². The number of nitrogens with zero attached hydrogens (tertiary/aromatic N) is 5. The number of aryl methyl sites for hydroxylation is 2. The standard InChI is InChI=1S/C28H21N7OS/c1-18-5-6-20(28(36)33-21-8-10-24-26(13-21)37-17-30-24)12-19(18)7-9-23-15-29-27-25(4-3-11-35(23)27)32-22-14-31-34(2)16-22/h3-6,8,10-17,32H,1-2H3,(H,33,36). The van der Waals surface area contributed by atoms with E-state index in [4.69, 9.17) is 0 Å². The zero-order valence-electron chi connectivity index (χ0n) is 20.1. The summed E-state index contributed by atoms with van der Waals surface area (Å²) < 4.78 is 4.70. The molecule has 1 amide bonds. The van der Waals surface area contributed by atoms with Crippen LogP contribution in [0.4, 0.5) is 17.1 Å². The summed E-state index contributed by atoms with van der Waals surface area (Å²) >= 11 is 1.54. The number of aromatic nitrogens is 5. The van der Waals surface area contributed by atoms with E-state index in [1.807, 2.05) is 79.3 Å². The molecule has 9 heteroatoms. The molecule has 0 bridgehead atoms. The van der Waals surface area contributed by atoms with Gasteiger partial charge < -0.3 is 10.6 Å². The van der Waals surface area contributed by atoms with E-state index in [1.165, 1.54) is 0 Å². The fourth-order valence-corrected chi connectivity index (χ4v) is 4.72. The Hall–Kier alpha value is -4.94. The van der Waals surface area contributed by atoms with E-state index in [-0.39, 0.29) is 5.91 Å². The lowest BCUT2D eigenvalue weighted by Gasteiger charge is -2.07. The highest BCUT2D eigenvalue weighted by molar-refractivity contribution is 7.16. The number of carbonyl (C=O) groups is 1. The maximum Gasteiger partial charge on any atom is 0.255 e. The number of fused-ring (bicyclic) bond motifs is 2. The quantitative estimate of drug-likeness (QED) is 0.315. The minimum Gasteiger partial charge on any atom is -0.350 e. The first-order valence-corrected chi connectivity index (χ1v) is 12.4. The van der Waals surface area contributed by atoms with Gasteiger partial charge in [0.15, 0.2) is 5.65 Å². The third kappa shape index (κ3) is 4.53. The zero-order chi connectivity index (χ0) is 25.4. The predicted octanol–water partition coefficient (Wildman–Crippen LogP) is 5.38.